The number of hydrogen-bond acceptors (Lipinski definition) is 2. The third-order valence-corrected chi connectivity index (χ3v) is 3.78. The summed E-state index contributed by atoms with van der Waals surface area (Å²) in [7, 11) is 0. The van der Waals surface area contributed by atoms with Gasteiger partial charge in [-0.1, -0.05) is 19.9 Å². The van der Waals surface area contributed by atoms with Crippen LogP contribution in [0.2, 0.25) is 0 Å². The van der Waals surface area contributed by atoms with Crippen LogP contribution in [0.3, 0.4) is 0 Å². The van der Waals surface area contributed by atoms with E-state index in [0.717, 1.165) is 12.5 Å². The van der Waals surface area contributed by atoms with E-state index in [0.29, 0.717) is 5.25 Å². The highest BCUT2D eigenvalue weighted by molar-refractivity contribution is 8.08. The van der Waals surface area contributed by atoms with E-state index >= 15 is 0 Å². The molecule has 1 unspecified atom stereocenters. The molecule has 0 amide bonds. The predicted molar refractivity (Wildman–Crippen MR) is 44.0 cm³/mol. The fourth-order valence-electron chi connectivity index (χ4n) is 1.45. The Morgan fingerprint density at radius 2 is 2.50 bits per heavy atom. The van der Waals surface area contributed by atoms with Gasteiger partial charge >= 0.3 is 0 Å². The van der Waals surface area contributed by atoms with Crippen LogP contribution in [0.25, 0.3) is 0 Å². The largest absolute Gasteiger partial charge is 0.355 e. The molecular weight excluding hydrogens is 144 g/mol. The Balaban J connectivity index is 2.04. The first-order valence-corrected chi connectivity index (χ1v) is 4.62. The van der Waals surface area contributed by atoms with E-state index < -0.39 is 0 Å². The summed E-state index contributed by atoms with van der Waals surface area (Å²) in [4.78, 5) is 0.119. The minimum atomic E-state index is 0.119. The maximum Gasteiger partial charge on any atom is 0.145 e. The van der Waals surface area contributed by atoms with Crippen LogP contribution in [-0.4, -0.2) is 16.8 Å². The van der Waals surface area contributed by atoms with Gasteiger partial charge in [0.1, 0.15) is 4.93 Å². The maximum atomic E-state index is 5.58. The predicted octanol–water partition coefficient (Wildman–Crippen LogP) is 2.04. The Bertz CT molecular complexity index is 176. The zero-order valence-corrected chi connectivity index (χ0v) is 7.15. The Morgan fingerprint density at radius 3 is 2.90 bits per heavy atom. The van der Waals surface area contributed by atoms with E-state index in [1.165, 1.54) is 0 Å². The van der Waals surface area contributed by atoms with Crippen molar-refractivity contribution in [2.45, 2.75) is 24.0 Å². The van der Waals surface area contributed by atoms with Crippen LogP contribution < -0.4 is 0 Å². The maximum absolute atomic E-state index is 5.58. The molecule has 0 aliphatic carbocycles. The second-order valence-electron chi connectivity index (χ2n) is 3.22. The molecule has 2 atom stereocenters. The zero-order valence-electron chi connectivity index (χ0n) is 6.33. The van der Waals surface area contributed by atoms with Gasteiger partial charge in [-0.2, -0.15) is 0 Å². The quantitative estimate of drug-likeness (QED) is 0.424. The average Bonchev–Trinajstić information content (AvgIpc) is 2.32. The van der Waals surface area contributed by atoms with Crippen molar-refractivity contribution in [3.63, 3.8) is 0 Å². The lowest BCUT2D eigenvalue weighted by molar-refractivity contribution is 0.117. The molecule has 2 heteroatoms. The monoisotopic (exact) mass is 156 g/mol. The van der Waals surface area contributed by atoms with E-state index in [4.69, 9.17) is 4.74 Å². The Labute approximate surface area is 65.8 Å². The van der Waals surface area contributed by atoms with E-state index in [-0.39, 0.29) is 4.93 Å². The first-order valence-electron chi connectivity index (χ1n) is 3.74. The van der Waals surface area contributed by atoms with Gasteiger partial charge in [-0.3, -0.25) is 0 Å². The summed E-state index contributed by atoms with van der Waals surface area (Å²) in [5, 5.41) is 0.714. The lowest BCUT2D eigenvalue weighted by Crippen LogP contribution is -2.15. The highest BCUT2D eigenvalue weighted by Crippen LogP contribution is 2.60. The fraction of sp³-hybridized carbons (Fsp3) is 0.750. The smallest absolute Gasteiger partial charge is 0.145 e. The Morgan fingerprint density at radius 1 is 1.70 bits per heavy atom. The molecular formula is C8H12OS. The Hall–Kier alpha value is 0.0500. The highest BCUT2D eigenvalue weighted by Gasteiger charge is 2.57. The van der Waals surface area contributed by atoms with Gasteiger partial charge in [-0.05, 0) is 12.0 Å². The van der Waals surface area contributed by atoms with Crippen LogP contribution >= 0.6 is 11.8 Å². The minimum Gasteiger partial charge on any atom is -0.355 e. The molecule has 0 bridgehead atoms. The lowest BCUT2D eigenvalue weighted by atomic mass is 10.1. The van der Waals surface area contributed by atoms with Gasteiger partial charge in [0.05, 0.1) is 11.9 Å². The highest BCUT2D eigenvalue weighted by atomic mass is 32.2. The SMILES string of the molecule is CC(C)C1S[C@]12C=CCO2. The van der Waals surface area contributed by atoms with Crippen molar-refractivity contribution in [1.82, 2.24) is 0 Å². The fourth-order valence-corrected chi connectivity index (χ4v) is 2.78. The molecule has 1 nitrogen and oxygen atoms in total. The summed E-state index contributed by atoms with van der Waals surface area (Å²) in [6.45, 7) is 5.32. The Kier molecular flexibility index (Phi) is 1.36. The van der Waals surface area contributed by atoms with E-state index in [2.05, 4.69) is 26.0 Å². The molecule has 2 aliphatic heterocycles. The number of rotatable bonds is 1. The summed E-state index contributed by atoms with van der Waals surface area (Å²) in [5.41, 5.74) is 0. The normalized spacial score (nSPS) is 43.7. The van der Waals surface area contributed by atoms with Gasteiger partial charge in [-0.15, -0.1) is 11.8 Å². The standard InChI is InChI=1S/C8H12OS/c1-6(2)7-8(10-7)4-3-5-9-8/h3-4,6-7H,5H2,1-2H3/t7?,8-/m1/s1. The molecule has 1 spiro atoms. The first-order chi connectivity index (χ1) is 4.75. The van der Waals surface area contributed by atoms with Gasteiger partial charge in [0.15, 0.2) is 0 Å². The third kappa shape index (κ3) is 0.823. The molecule has 1 fully saturated rings. The summed E-state index contributed by atoms with van der Waals surface area (Å²) < 4.78 is 5.58. The van der Waals surface area contributed by atoms with Gasteiger partial charge in [-0.25, -0.2) is 0 Å². The van der Waals surface area contributed by atoms with Crippen molar-refractivity contribution in [3.05, 3.63) is 12.2 Å². The molecule has 2 rings (SSSR count). The van der Waals surface area contributed by atoms with Crippen molar-refractivity contribution in [3.8, 4) is 0 Å². The van der Waals surface area contributed by atoms with Crippen LogP contribution in [0.5, 0.6) is 0 Å². The molecule has 10 heavy (non-hydrogen) atoms. The van der Waals surface area contributed by atoms with Crippen LogP contribution in [0.4, 0.5) is 0 Å². The number of thioether (sulfide) groups is 1. The van der Waals surface area contributed by atoms with Gasteiger partial charge in [0.2, 0.25) is 0 Å². The molecule has 0 aromatic carbocycles. The lowest BCUT2D eigenvalue weighted by Gasteiger charge is -2.06. The van der Waals surface area contributed by atoms with Crippen LogP contribution in [0.1, 0.15) is 13.8 Å². The molecule has 0 aromatic heterocycles. The van der Waals surface area contributed by atoms with Gasteiger partial charge in [0.25, 0.3) is 0 Å². The first kappa shape index (κ1) is 6.74. The molecule has 56 valence electrons. The zero-order chi connectivity index (χ0) is 7.19. The van der Waals surface area contributed by atoms with Gasteiger partial charge in [0, 0.05) is 0 Å². The molecule has 1 saturated heterocycles. The third-order valence-electron chi connectivity index (χ3n) is 2.01. The average molecular weight is 156 g/mol. The van der Waals surface area contributed by atoms with E-state index in [1.54, 1.807) is 0 Å². The van der Waals surface area contributed by atoms with Crippen molar-refractivity contribution < 1.29 is 4.74 Å². The van der Waals surface area contributed by atoms with Crippen molar-refractivity contribution in [2.75, 3.05) is 6.61 Å². The van der Waals surface area contributed by atoms with E-state index in [9.17, 15) is 0 Å². The number of hydrogen-bond donors (Lipinski definition) is 0. The van der Waals surface area contributed by atoms with Gasteiger partial charge < -0.3 is 4.74 Å². The van der Waals surface area contributed by atoms with Crippen molar-refractivity contribution >= 4 is 11.8 Å². The molecule has 2 aliphatic rings. The molecule has 0 radical (unpaired) electrons. The van der Waals surface area contributed by atoms with Crippen LogP contribution in [-0.2, 0) is 4.74 Å². The summed E-state index contributed by atoms with van der Waals surface area (Å²) >= 11 is 1.95. The van der Waals surface area contributed by atoms with Crippen molar-refractivity contribution in [2.24, 2.45) is 5.92 Å². The van der Waals surface area contributed by atoms with Crippen LogP contribution in [0.15, 0.2) is 12.2 Å². The summed E-state index contributed by atoms with van der Waals surface area (Å²) in [6.07, 6.45) is 4.33. The second-order valence-corrected chi connectivity index (χ2v) is 4.60. The summed E-state index contributed by atoms with van der Waals surface area (Å²) in [5.74, 6) is 0.743. The summed E-state index contributed by atoms with van der Waals surface area (Å²) in [6, 6.07) is 0. The molecule has 0 aromatic rings. The molecule has 0 N–H and O–H groups in total. The second kappa shape index (κ2) is 2.02. The van der Waals surface area contributed by atoms with Crippen molar-refractivity contribution in [1.29, 1.82) is 0 Å². The van der Waals surface area contributed by atoms with E-state index in [1.807, 2.05) is 11.8 Å². The number of ether oxygens (including phenoxy) is 1. The molecule has 0 saturated carbocycles. The minimum absolute atomic E-state index is 0.119. The topological polar surface area (TPSA) is 9.23 Å². The van der Waals surface area contributed by atoms with Crippen LogP contribution in [0, 0.1) is 5.92 Å². The molecule has 2 heterocycles.